The van der Waals surface area contributed by atoms with Crippen LogP contribution in [0.2, 0.25) is 0 Å². The molecular weight excluding hydrogens is 591 g/mol. The number of aromatic nitrogens is 2. The van der Waals surface area contributed by atoms with Gasteiger partial charge in [-0.05, 0) is 80.9 Å². The van der Waals surface area contributed by atoms with E-state index in [0.717, 1.165) is 54.8 Å². The van der Waals surface area contributed by atoms with Crippen molar-refractivity contribution in [3.63, 3.8) is 0 Å². The smallest absolute Gasteiger partial charge is 0.124 e. The predicted octanol–water partition coefficient (Wildman–Crippen LogP) is 11.7. The van der Waals surface area contributed by atoms with E-state index in [4.69, 9.17) is 9.97 Å². The SMILES string of the molecule is N#Cc1ccc(-c2nc3cc(-c4ccc5cc(-c6ccc(-c7nc8ccccc8s7)cc6)ccc5c4)ccc3c3ccccc23)cc1. The standard InChI is InChI=1S/C43H25N3S/c44-26-27-9-11-29(12-10-27)42-38-6-2-1-5-36(38)37-22-21-35(25-40(37)45-42)34-20-19-32-23-31(17-18-33(32)24-34)28-13-15-30(16-14-28)43-46-39-7-3-4-8-41(39)47-43/h1-25H. The van der Waals surface area contributed by atoms with Crippen molar-refractivity contribution in [1.29, 1.82) is 5.26 Å². The number of nitrogens with zero attached hydrogens (tertiary/aromatic N) is 3. The maximum absolute atomic E-state index is 9.28. The Morgan fingerprint density at radius 3 is 1.79 bits per heavy atom. The van der Waals surface area contributed by atoms with E-state index in [-0.39, 0.29) is 0 Å². The summed E-state index contributed by atoms with van der Waals surface area (Å²) in [5.41, 5.74) is 10.4. The quantitative estimate of drug-likeness (QED) is 0.185. The van der Waals surface area contributed by atoms with Gasteiger partial charge in [0.2, 0.25) is 0 Å². The van der Waals surface area contributed by atoms with Gasteiger partial charge in [0.05, 0.1) is 33.1 Å². The first kappa shape index (κ1) is 27.2. The first-order valence-corrected chi connectivity index (χ1v) is 16.4. The number of para-hydroxylation sites is 1. The molecular formula is C43H25N3S. The molecule has 47 heavy (non-hydrogen) atoms. The summed E-state index contributed by atoms with van der Waals surface area (Å²) in [5, 5.41) is 16.1. The topological polar surface area (TPSA) is 49.6 Å². The highest BCUT2D eigenvalue weighted by Gasteiger charge is 2.12. The Morgan fingerprint density at radius 2 is 1.04 bits per heavy atom. The van der Waals surface area contributed by atoms with Crippen LogP contribution in [0.4, 0.5) is 0 Å². The number of rotatable bonds is 4. The average molecular weight is 616 g/mol. The average Bonchev–Trinajstić information content (AvgIpc) is 3.59. The zero-order valence-electron chi connectivity index (χ0n) is 25.2. The molecule has 0 N–H and O–H groups in total. The van der Waals surface area contributed by atoms with E-state index < -0.39 is 0 Å². The number of fused-ring (bicyclic) bond motifs is 5. The minimum absolute atomic E-state index is 0.642. The van der Waals surface area contributed by atoms with Gasteiger partial charge in [-0.15, -0.1) is 11.3 Å². The molecule has 0 atom stereocenters. The van der Waals surface area contributed by atoms with Crippen molar-refractivity contribution in [2.24, 2.45) is 0 Å². The Balaban J connectivity index is 1.05. The van der Waals surface area contributed by atoms with E-state index in [1.54, 1.807) is 11.3 Å². The fourth-order valence-electron chi connectivity index (χ4n) is 6.47. The zero-order chi connectivity index (χ0) is 31.3. The van der Waals surface area contributed by atoms with Gasteiger partial charge in [0.25, 0.3) is 0 Å². The van der Waals surface area contributed by atoms with Crippen LogP contribution in [-0.4, -0.2) is 9.97 Å². The van der Waals surface area contributed by atoms with Gasteiger partial charge < -0.3 is 0 Å². The second-order valence-electron chi connectivity index (χ2n) is 11.8. The Bertz CT molecular complexity index is 2650. The van der Waals surface area contributed by atoms with Crippen molar-refractivity contribution in [2.75, 3.05) is 0 Å². The van der Waals surface area contributed by atoms with E-state index >= 15 is 0 Å². The molecule has 0 saturated heterocycles. The lowest BCUT2D eigenvalue weighted by atomic mass is 9.95. The fraction of sp³-hybridized carbons (Fsp3) is 0. The van der Waals surface area contributed by atoms with E-state index in [1.165, 1.54) is 32.0 Å². The molecule has 2 heterocycles. The van der Waals surface area contributed by atoms with Crippen LogP contribution in [0.3, 0.4) is 0 Å². The monoisotopic (exact) mass is 615 g/mol. The van der Waals surface area contributed by atoms with Crippen LogP contribution in [0.5, 0.6) is 0 Å². The third-order valence-electron chi connectivity index (χ3n) is 8.92. The Hall–Kier alpha value is -6.15. The molecule has 0 amide bonds. The summed E-state index contributed by atoms with van der Waals surface area (Å²) in [7, 11) is 0. The minimum atomic E-state index is 0.642. The maximum atomic E-state index is 9.28. The highest BCUT2D eigenvalue weighted by atomic mass is 32.1. The molecule has 7 aromatic carbocycles. The first-order valence-electron chi connectivity index (χ1n) is 15.5. The van der Waals surface area contributed by atoms with Crippen LogP contribution < -0.4 is 0 Å². The van der Waals surface area contributed by atoms with Crippen LogP contribution >= 0.6 is 11.3 Å². The van der Waals surface area contributed by atoms with E-state index in [9.17, 15) is 5.26 Å². The normalized spacial score (nSPS) is 11.4. The molecule has 0 aliphatic rings. The highest BCUT2D eigenvalue weighted by Crippen LogP contribution is 2.36. The van der Waals surface area contributed by atoms with Crippen LogP contribution in [0.1, 0.15) is 5.56 Å². The van der Waals surface area contributed by atoms with Gasteiger partial charge >= 0.3 is 0 Å². The lowest BCUT2D eigenvalue weighted by molar-refractivity contribution is 1.42. The highest BCUT2D eigenvalue weighted by molar-refractivity contribution is 7.21. The molecule has 0 aliphatic heterocycles. The van der Waals surface area contributed by atoms with E-state index in [0.29, 0.717) is 5.56 Å². The number of hydrogen-bond donors (Lipinski definition) is 0. The second-order valence-corrected chi connectivity index (χ2v) is 12.8. The molecule has 9 rings (SSSR count). The zero-order valence-corrected chi connectivity index (χ0v) is 26.0. The Morgan fingerprint density at radius 1 is 0.447 bits per heavy atom. The Kier molecular flexibility index (Phi) is 6.38. The fourth-order valence-corrected chi connectivity index (χ4v) is 7.44. The van der Waals surface area contributed by atoms with Crippen molar-refractivity contribution >= 4 is 54.0 Å². The number of pyridine rings is 1. The van der Waals surface area contributed by atoms with E-state index in [2.05, 4.69) is 127 Å². The largest absolute Gasteiger partial charge is 0.247 e. The van der Waals surface area contributed by atoms with Crippen LogP contribution in [-0.2, 0) is 0 Å². The molecule has 9 aromatic rings. The minimum Gasteiger partial charge on any atom is -0.247 e. The van der Waals surface area contributed by atoms with Gasteiger partial charge in [-0.25, -0.2) is 9.97 Å². The van der Waals surface area contributed by atoms with Gasteiger partial charge in [0, 0.05) is 21.9 Å². The maximum Gasteiger partial charge on any atom is 0.124 e. The summed E-state index contributed by atoms with van der Waals surface area (Å²) in [6.07, 6.45) is 0. The summed E-state index contributed by atoms with van der Waals surface area (Å²) >= 11 is 1.73. The van der Waals surface area contributed by atoms with Crippen LogP contribution in [0.25, 0.3) is 86.7 Å². The van der Waals surface area contributed by atoms with E-state index in [1.807, 2.05) is 30.3 Å². The van der Waals surface area contributed by atoms with Crippen molar-refractivity contribution in [3.8, 4) is 50.2 Å². The molecule has 2 aromatic heterocycles. The molecule has 0 fully saturated rings. The summed E-state index contributed by atoms with van der Waals surface area (Å²) < 4.78 is 1.21. The third kappa shape index (κ3) is 4.82. The summed E-state index contributed by atoms with van der Waals surface area (Å²) in [6.45, 7) is 0. The predicted molar refractivity (Wildman–Crippen MR) is 196 cm³/mol. The first-order chi connectivity index (χ1) is 23.2. The van der Waals surface area contributed by atoms with Gasteiger partial charge in [-0.3, -0.25) is 0 Å². The molecule has 0 bridgehead atoms. The van der Waals surface area contributed by atoms with Crippen molar-refractivity contribution in [3.05, 3.63) is 157 Å². The van der Waals surface area contributed by atoms with Gasteiger partial charge in [0.1, 0.15) is 5.01 Å². The van der Waals surface area contributed by atoms with Crippen LogP contribution in [0.15, 0.2) is 152 Å². The van der Waals surface area contributed by atoms with Gasteiger partial charge in [0.15, 0.2) is 0 Å². The lowest BCUT2D eigenvalue weighted by Crippen LogP contribution is -1.91. The van der Waals surface area contributed by atoms with Crippen molar-refractivity contribution in [2.45, 2.75) is 0 Å². The molecule has 4 heteroatoms. The number of nitriles is 1. The summed E-state index contributed by atoms with van der Waals surface area (Å²) in [5.74, 6) is 0. The van der Waals surface area contributed by atoms with Crippen molar-refractivity contribution in [1.82, 2.24) is 9.97 Å². The Labute approximate surface area is 275 Å². The molecule has 0 unspecified atom stereocenters. The molecule has 0 saturated carbocycles. The molecule has 0 radical (unpaired) electrons. The van der Waals surface area contributed by atoms with Crippen molar-refractivity contribution < 1.29 is 0 Å². The third-order valence-corrected chi connectivity index (χ3v) is 10.0. The molecule has 3 nitrogen and oxygen atoms in total. The summed E-state index contributed by atoms with van der Waals surface area (Å²) in [6, 6.07) is 55.2. The summed E-state index contributed by atoms with van der Waals surface area (Å²) in [4.78, 5) is 9.99. The van der Waals surface area contributed by atoms with Gasteiger partial charge in [-0.1, -0.05) is 109 Å². The van der Waals surface area contributed by atoms with Gasteiger partial charge in [-0.2, -0.15) is 5.26 Å². The molecule has 0 spiro atoms. The van der Waals surface area contributed by atoms with Crippen LogP contribution in [0, 0.1) is 11.3 Å². The molecule has 0 aliphatic carbocycles. The number of benzene rings is 7. The lowest BCUT2D eigenvalue weighted by Gasteiger charge is -2.12. The second kappa shape index (κ2) is 11.0. The number of hydrogen-bond acceptors (Lipinski definition) is 4. The number of thiazole rings is 1. The molecule has 218 valence electrons.